The standard InChI is InChI=1S/C19H26O7/c1-6-7-14(21)19(24)11(5)13(20)8-12-10(4)18(23)25-15(12)16(19)26-17(22)9(2)3/h6-7,9,11-13,15-16,20,24H,4,8H2,1-3,5H3/b7-6+/t11-,12-,13+,15+,16-,19+/m0/s1. The van der Waals surface area contributed by atoms with Gasteiger partial charge in [-0.3, -0.25) is 9.59 Å². The topological polar surface area (TPSA) is 110 Å². The first-order valence-corrected chi connectivity index (χ1v) is 8.73. The third-order valence-electron chi connectivity index (χ3n) is 5.28. The van der Waals surface area contributed by atoms with Gasteiger partial charge in [-0.2, -0.15) is 0 Å². The fraction of sp³-hybridized carbons (Fsp3) is 0.632. The molecule has 0 aromatic carbocycles. The molecule has 0 aromatic heterocycles. The molecule has 144 valence electrons. The van der Waals surface area contributed by atoms with Crippen LogP contribution in [-0.2, 0) is 23.9 Å². The van der Waals surface area contributed by atoms with Crippen molar-refractivity contribution in [2.75, 3.05) is 0 Å². The van der Waals surface area contributed by atoms with E-state index in [1.54, 1.807) is 20.8 Å². The minimum atomic E-state index is -2.24. The van der Waals surface area contributed by atoms with Gasteiger partial charge in [0, 0.05) is 17.4 Å². The number of ether oxygens (including phenoxy) is 2. The molecule has 0 radical (unpaired) electrons. The first-order chi connectivity index (χ1) is 12.0. The van der Waals surface area contributed by atoms with Crippen LogP contribution in [0.2, 0.25) is 0 Å². The summed E-state index contributed by atoms with van der Waals surface area (Å²) in [7, 11) is 0. The molecule has 2 rings (SSSR count). The van der Waals surface area contributed by atoms with Gasteiger partial charge in [-0.05, 0) is 19.4 Å². The summed E-state index contributed by atoms with van der Waals surface area (Å²) in [4.78, 5) is 37.0. The van der Waals surface area contributed by atoms with Crippen molar-refractivity contribution in [2.45, 2.75) is 58.0 Å². The highest BCUT2D eigenvalue weighted by atomic mass is 16.6. The lowest BCUT2D eigenvalue weighted by Crippen LogP contribution is -2.61. The van der Waals surface area contributed by atoms with Crippen LogP contribution in [0.5, 0.6) is 0 Å². The van der Waals surface area contributed by atoms with Gasteiger partial charge in [-0.1, -0.05) is 33.4 Å². The fourth-order valence-electron chi connectivity index (χ4n) is 3.51. The Morgan fingerprint density at radius 1 is 1.42 bits per heavy atom. The van der Waals surface area contributed by atoms with Crippen molar-refractivity contribution < 1.29 is 34.1 Å². The summed E-state index contributed by atoms with van der Waals surface area (Å²) in [5.41, 5.74) is -2.10. The molecule has 2 aliphatic rings. The van der Waals surface area contributed by atoms with Gasteiger partial charge in [-0.25, -0.2) is 4.79 Å². The number of hydrogen-bond acceptors (Lipinski definition) is 7. The lowest BCUT2D eigenvalue weighted by molar-refractivity contribution is -0.199. The minimum Gasteiger partial charge on any atom is -0.455 e. The highest BCUT2D eigenvalue weighted by Crippen LogP contribution is 2.45. The van der Waals surface area contributed by atoms with E-state index in [0.717, 1.165) is 6.08 Å². The Labute approximate surface area is 152 Å². The number of rotatable bonds is 4. The molecule has 7 heteroatoms. The average molecular weight is 366 g/mol. The van der Waals surface area contributed by atoms with Crippen LogP contribution in [0.3, 0.4) is 0 Å². The quantitative estimate of drug-likeness (QED) is 0.562. The summed E-state index contributed by atoms with van der Waals surface area (Å²) in [6.45, 7) is 10.0. The van der Waals surface area contributed by atoms with Crippen molar-refractivity contribution in [3.05, 3.63) is 24.3 Å². The van der Waals surface area contributed by atoms with Crippen LogP contribution in [0.4, 0.5) is 0 Å². The Balaban J connectivity index is 2.60. The van der Waals surface area contributed by atoms with Gasteiger partial charge >= 0.3 is 11.9 Å². The molecular formula is C19H26O7. The molecule has 0 unspecified atom stereocenters. The zero-order valence-corrected chi connectivity index (χ0v) is 15.5. The zero-order valence-electron chi connectivity index (χ0n) is 15.5. The van der Waals surface area contributed by atoms with Gasteiger partial charge in [0.15, 0.2) is 17.5 Å². The Morgan fingerprint density at radius 2 is 2.04 bits per heavy atom. The maximum atomic E-state index is 12.7. The number of carbonyl (C=O) groups excluding carboxylic acids is 3. The van der Waals surface area contributed by atoms with Crippen LogP contribution in [0.1, 0.15) is 34.1 Å². The van der Waals surface area contributed by atoms with Gasteiger partial charge < -0.3 is 19.7 Å². The van der Waals surface area contributed by atoms with Crippen molar-refractivity contribution in [3.63, 3.8) is 0 Å². The maximum Gasteiger partial charge on any atom is 0.334 e. The summed E-state index contributed by atoms with van der Waals surface area (Å²) in [5, 5.41) is 21.9. The molecule has 0 aromatic rings. The lowest BCUT2D eigenvalue weighted by Gasteiger charge is -2.39. The summed E-state index contributed by atoms with van der Waals surface area (Å²) in [6.07, 6.45) is -0.973. The third kappa shape index (κ3) is 3.21. The number of allylic oxidation sites excluding steroid dienone is 1. The first-order valence-electron chi connectivity index (χ1n) is 8.73. The normalized spacial score (nSPS) is 37.4. The molecule has 0 bridgehead atoms. The number of aliphatic hydroxyl groups is 2. The Morgan fingerprint density at radius 3 is 2.58 bits per heavy atom. The van der Waals surface area contributed by atoms with Crippen molar-refractivity contribution in [1.29, 1.82) is 0 Å². The van der Waals surface area contributed by atoms with Crippen molar-refractivity contribution >= 4 is 17.7 Å². The van der Waals surface area contributed by atoms with Crippen molar-refractivity contribution in [2.24, 2.45) is 17.8 Å². The summed E-state index contributed by atoms with van der Waals surface area (Å²) < 4.78 is 10.8. The van der Waals surface area contributed by atoms with E-state index in [4.69, 9.17) is 9.47 Å². The van der Waals surface area contributed by atoms with Gasteiger partial charge in [0.05, 0.1) is 12.0 Å². The number of hydrogen-bond donors (Lipinski definition) is 2. The van der Waals surface area contributed by atoms with E-state index in [2.05, 4.69) is 6.58 Å². The number of aliphatic hydroxyl groups excluding tert-OH is 1. The van der Waals surface area contributed by atoms with E-state index in [0.29, 0.717) is 0 Å². The van der Waals surface area contributed by atoms with Crippen LogP contribution < -0.4 is 0 Å². The molecular weight excluding hydrogens is 340 g/mol. The molecule has 1 saturated carbocycles. The van der Waals surface area contributed by atoms with Gasteiger partial charge in [0.1, 0.15) is 6.10 Å². The van der Waals surface area contributed by atoms with E-state index in [1.165, 1.54) is 13.0 Å². The summed E-state index contributed by atoms with van der Waals surface area (Å²) in [5.74, 6) is -4.17. The Bertz CT molecular complexity index is 650. The van der Waals surface area contributed by atoms with Crippen molar-refractivity contribution in [3.8, 4) is 0 Å². The second kappa shape index (κ2) is 7.32. The highest BCUT2D eigenvalue weighted by Gasteiger charge is 2.62. The number of esters is 2. The Kier molecular flexibility index (Phi) is 5.73. The third-order valence-corrected chi connectivity index (χ3v) is 5.28. The number of carbonyl (C=O) groups is 3. The molecule has 2 N–H and O–H groups in total. The molecule has 26 heavy (non-hydrogen) atoms. The van der Waals surface area contributed by atoms with Crippen LogP contribution in [0.15, 0.2) is 24.3 Å². The number of ketones is 1. The highest BCUT2D eigenvalue weighted by molar-refractivity contribution is 5.98. The summed E-state index contributed by atoms with van der Waals surface area (Å²) >= 11 is 0. The molecule has 0 amide bonds. The van der Waals surface area contributed by atoms with Crippen LogP contribution in [0, 0.1) is 17.8 Å². The zero-order chi connectivity index (χ0) is 19.8. The second-order valence-corrected chi connectivity index (χ2v) is 7.30. The largest absolute Gasteiger partial charge is 0.455 e. The fourth-order valence-corrected chi connectivity index (χ4v) is 3.51. The average Bonchev–Trinajstić information content (AvgIpc) is 2.82. The van der Waals surface area contributed by atoms with Crippen LogP contribution in [-0.4, -0.2) is 51.8 Å². The second-order valence-electron chi connectivity index (χ2n) is 7.30. The molecule has 1 aliphatic heterocycles. The summed E-state index contributed by atoms with van der Waals surface area (Å²) in [6, 6.07) is 0. The van der Waals surface area contributed by atoms with E-state index >= 15 is 0 Å². The monoisotopic (exact) mass is 366 g/mol. The first kappa shape index (κ1) is 20.3. The van der Waals surface area contributed by atoms with E-state index in [-0.39, 0.29) is 12.0 Å². The van der Waals surface area contributed by atoms with Crippen molar-refractivity contribution in [1.82, 2.24) is 0 Å². The molecule has 0 spiro atoms. The van der Waals surface area contributed by atoms with Crippen LogP contribution >= 0.6 is 0 Å². The van der Waals surface area contributed by atoms with Crippen LogP contribution in [0.25, 0.3) is 0 Å². The van der Waals surface area contributed by atoms with E-state index < -0.39 is 59.4 Å². The molecule has 6 atom stereocenters. The van der Waals surface area contributed by atoms with E-state index in [9.17, 15) is 24.6 Å². The SMILES string of the molecule is C=C1C(=O)O[C@@H]2[C@H]1C[C@@H](O)[C@H](C)[C@@](O)(C(=O)/C=C/C)[C@H]2OC(=O)C(C)C. The predicted molar refractivity (Wildman–Crippen MR) is 91.8 cm³/mol. The molecule has 2 fully saturated rings. The van der Waals surface area contributed by atoms with Gasteiger partial charge in [-0.15, -0.1) is 0 Å². The minimum absolute atomic E-state index is 0.0670. The molecule has 1 saturated heterocycles. The van der Waals surface area contributed by atoms with Gasteiger partial charge in [0.25, 0.3) is 0 Å². The maximum absolute atomic E-state index is 12.7. The Hall–Kier alpha value is -1.99. The molecule has 1 aliphatic carbocycles. The lowest BCUT2D eigenvalue weighted by atomic mass is 9.77. The van der Waals surface area contributed by atoms with Gasteiger partial charge in [0.2, 0.25) is 0 Å². The smallest absolute Gasteiger partial charge is 0.334 e. The van der Waals surface area contributed by atoms with E-state index in [1.807, 2.05) is 0 Å². The molecule has 7 nitrogen and oxygen atoms in total. The molecule has 1 heterocycles. The predicted octanol–water partition coefficient (Wildman–Crippen LogP) is 0.929. The number of fused-ring (bicyclic) bond motifs is 1.